The Morgan fingerprint density at radius 2 is 2.11 bits per heavy atom. The number of pyridine rings is 1. The predicted molar refractivity (Wildman–Crippen MR) is 74.8 cm³/mol. The second-order valence-corrected chi connectivity index (χ2v) is 4.69. The van der Waals surface area contributed by atoms with Gasteiger partial charge in [0.2, 0.25) is 0 Å². The fourth-order valence-electron chi connectivity index (χ4n) is 2.16. The third kappa shape index (κ3) is 3.29. The normalized spacial score (nSPS) is 10.9. The number of aryl methyl sites for hydroxylation is 1. The molecule has 0 saturated heterocycles. The summed E-state index contributed by atoms with van der Waals surface area (Å²) in [6, 6.07) is 10.1. The van der Waals surface area contributed by atoms with E-state index >= 15 is 0 Å². The van der Waals surface area contributed by atoms with Crippen LogP contribution in [-0.2, 0) is 16.1 Å². The Morgan fingerprint density at radius 1 is 1.37 bits per heavy atom. The van der Waals surface area contributed by atoms with Gasteiger partial charge in [0, 0.05) is 17.6 Å². The number of para-hydroxylation sites is 1. The minimum Gasteiger partial charge on any atom is -0.468 e. The van der Waals surface area contributed by atoms with Gasteiger partial charge in [0.1, 0.15) is 0 Å². The molecule has 0 atom stereocenters. The molecule has 4 nitrogen and oxygen atoms in total. The second kappa shape index (κ2) is 5.80. The highest BCUT2D eigenvalue weighted by Crippen LogP contribution is 2.19. The van der Waals surface area contributed by atoms with Crippen molar-refractivity contribution in [2.24, 2.45) is 0 Å². The van der Waals surface area contributed by atoms with Crippen molar-refractivity contribution in [3.8, 4) is 0 Å². The molecule has 0 unspecified atom stereocenters. The fraction of sp³-hybridized carbons (Fsp3) is 0.333. The number of fused-ring (bicyclic) bond motifs is 1. The average Bonchev–Trinajstić information content (AvgIpc) is 2.38. The number of esters is 1. The van der Waals surface area contributed by atoms with Gasteiger partial charge in [0.25, 0.3) is 0 Å². The molecule has 0 spiro atoms. The number of nitrogens with zero attached hydrogens (tertiary/aromatic N) is 2. The lowest BCUT2D eigenvalue weighted by atomic mass is 10.1. The first kappa shape index (κ1) is 13.5. The number of rotatable bonds is 4. The molecule has 0 bridgehead atoms. The number of hydrogen-bond donors (Lipinski definition) is 0. The number of methoxy groups -OCH3 is 1. The van der Waals surface area contributed by atoms with Crippen LogP contribution < -0.4 is 0 Å². The SMILES string of the molecule is COC(=O)CN(C)Cc1cc(C)nc2ccccc12. The number of hydrogen-bond acceptors (Lipinski definition) is 4. The van der Waals surface area contributed by atoms with Gasteiger partial charge >= 0.3 is 5.97 Å². The highest BCUT2D eigenvalue weighted by molar-refractivity contribution is 5.82. The summed E-state index contributed by atoms with van der Waals surface area (Å²) < 4.78 is 4.68. The maximum Gasteiger partial charge on any atom is 0.319 e. The van der Waals surface area contributed by atoms with Gasteiger partial charge in [0.15, 0.2) is 0 Å². The van der Waals surface area contributed by atoms with Crippen molar-refractivity contribution < 1.29 is 9.53 Å². The van der Waals surface area contributed by atoms with Crippen LogP contribution in [0.4, 0.5) is 0 Å². The van der Waals surface area contributed by atoms with Gasteiger partial charge < -0.3 is 4.74 Å². The lowest BCUT2D eigenvalue weighted by Gasteiger charge is -2.16. The van der Waals surface area contributed by atoms with Crippen molar-refractivity contribution in [3.05, 3.63) is 41.6 Å². The molecule has 0 amide bonds. The van der Waals surface area contributed by atoms with Crippen LogP contribution in [0.25, 0.3) is 10.9 Å². The van der Waals surface area contributed by atoms with Gasteiger partial charge in [0.05, 0.1) is 19.2 Å². The van der Waals surface area contributed by atoms with Crippen LogP contribution >= 0.6 is 0 Å². The molecule has 1 aromatic heterocycles. The van der Waals surface area contributed by atoms with Gasteiger partial charge in [-0.15, -0.1) is 0 Å². The topological polar surface area (TPSA) is 42.4 Å². The highest BCUT2D eigenvalue weighted by atomic mass is 16.5. The zero-order chi connectivity index (χ0) is 13.8. The van der Waals surface area contributed by atoms with Crippen LogP contribution in [0, 0.1) is 6.92 Å². The Morgan fingerprint density at radius 3 is 2.84 bits per heavy atom. The molecule has 0 aliphatic carbocycles. The second-order valence-electron chi connectivity index (χ2n) is 4.69. The van der Waals surface area contributed by atoms with Gasteiger partial charge in [-0.25, -0.2) is 0 Å². The van der Waals surface area contributed by atoms with E-state index in [2.05, 4.69) is 21.9 Å². The van der Waals surface area contributed by atoms with Crippen molar-refractivity contribution in [2.45, 2.75) is 13.5 Å². The molecule has 0 fully saturated rings. The molecular weight excluding hydrogens is 240 g/mol. The molecule has 0 aliphatic rings. The Kier molecular flexibility index (Phi) is 4.12. The summed E-state index contributed by atoms with van der Waals surface area (Å²) in [5, 5.41) is 1.13. The maximum absolute atomic E-state index is 11.3. The van der Waals surface area contributed by atoms with Gasteiger partial charge in [-0.2, -0.15) is 0 Å². The van der Waals surface area contributed by atoms with E-state index in [0.717, 1.165) is 16.6 Å². The van der Waals surface area contributed by atoms with E-state index in [9.17, 15) is 4.79 Å². The first-order chi connectivity index (χ1) is 9.10. The van der Waals surface area contributed by atoms with Crippen molar-refractivity contribution in [1.82, 2.24) is 9.88 Å². The molecule has 0 aliphatic heterocycles. The fourth-order valence-corrected chi connectivity index (χ4v) is 2.16. The summed E-state index contributed by atoms with van der Waals surface area (Å²) in [4.78, 5) is 17.7. The standard InChI is InChI=1S/C15H18N2O2/c1-11-8-12(9-17(2)10-15(18)19-3)13-6-4-5-7-14(13)16-11/h4-8H,9-10H2,1-3H3. The average molecular weight is 258 g/mol. The van der Waals surface area contributed by atoms with E-state index in [1.165, 1.54) is 12.7 Å². The lowest BCUT2D eigenvalue weighted by Crippen LogP contribution is -2.26. The van der Waals surface area contributed by atoms with Gasteiger partial charge in [-0.3, -0.25) is 14.7 Å². The summed E-state index contributed by atoms with van der Waals surface area (Å²) in [6.07, 6.45) is 0. The minimum atomic E-state index is -0.224. The predicted octanol–water partition coefficient (Wildman–Crippen LogP) is 2.15. The molecule has 1 heterocycles. The molecule has 4 heteroatoms. The zero-order valence-electron chi connectivity index (χ0n) is 11.5. The molecule has 1 aromatic carbocycles. The molecular formula is C15H18N2O2. The third-order valence-electron chi connectivity index (χ3n) is 3.00. The zero-order valence-corrected chi connectivity index (χ0v) is 11.5. The molecule has 2 aromatic rings. The summed E-state index contributed by atoms with van der Waals surface area (Å²) in [6.45, 7) is 2.96. The van der Waals surface area contributed by atoms with Crippen molar-refractivity contribution in [1.29, 1.82) is 0 Å². The molecule has 0 saturated carbocycles. The van der Waals surface area contributed by atoms with Gasteiger partial charge in [-0.05, 0) is 31.7 Å². The van der Waals surface area contributed by atoms with Crippen LogP contribution in [0.1, 0.15) is 11.3 Å². The summed E-state index contributed by atoms with van der Waals surface area (Å²) in [7, 11) is 3.31. The largest absolute Gasteiger partial charge is 0.468 e. The number of benzene rings is 1. The number of aromatic nitrogens is 1. The summed E-state index contributed by atoms with van der Waals surface area (Å²) in [5.41, 5.74) is 3.15. The number of ether oxygens (including phenoxy) is 1. The van der Waals surface area contributed by atoms with E-state index in [1.807, 2.05) is 37.1 Å². The molecule has 100 valence electrons. The molecule has 0 radical (unpaired) electrons. The van der Waals surface area contributed by atoms with E-state index in [-0.39, 0.29) is 12.5 Å². The summed E-state index contributed by atoms with van der Waals surface area (Å²) >= 11 is 0. The maximum atomic E-state index is 11.3. The molecule has 19 heavy (non-hydrogen) atoms. The van der Waals surface area contributed by atoms with Crippen LogP contribution in [0.5, 0.6) is 0 Å². The van der Waals surface area contributed by atoms with E-state index in [0.29, 0.717) is 6.54 Å². The van der Waals surface area contributed by atoms with Crippen LogP contribution in [0.2, 0.25) is 0 Å². The van der Waals surface area contributed by atoms with Crippen LogP contribution in [-0.4, -0.2) is 36.6 Å². The summed E-state index contributed by atoms with van der Waals surface area (Å²) in [5.74, 6) is -0.224. The van der Waals surface area contributed by atoms with Crippen molar-refractivity contribution >= 4 is 16.9 Å². The van der Waals surface area contributed by atoms with Crippen LogP contribution in [0.3, 0.4) is 0 Å². The highest BCUT2D eigenvalue weighted by Gasteiger charge is 2.10. The quantitative estimate of drug-likeness (QED) is 0.788. The Bertz CT molecular complexity index is 596. The number of carbonyl (C=O) groups excluding carboxylic acids is 1. The van der Waals surface area contributed by atoms with E-state index in [1.54, 1.807) is 0 Å². The van der Waals surface area contributed by atoms with Crippen molar-refractivity contribution in [3.63, 3.8) is 0 Å². The third-order valence-corrected chi connectivity index (χ3v) is 3.00. The smallest absolute Gasteiger partial charge is 0.319 e. The molecule has 0 N–H and O–H groups in total. The Hall–Kier alpha value is -1.94. The Labute approximate surface area is 113 Å². The number of carbonyl (C=O) groups is 1. The Balaban J connectivity index is 2.27. The number of likely N-dealkylation sites (N-methyl/N-ethyl adjacent to an activating group) is 1. The van der Waals surface area contributed by atoms with Gasteiger partial charge in [-0.1, -0.05) is 18.2 Å². The minimum absolute atomic E-state index is 0.224. The first-order valence-corrected chi connectivity index (χ1v) is 6.21. The first-order valence-electron chi connectivity index (χ1n) is 6.21. The lowest BCUT2D eigenvalue weighted by molar-refractivity contribution is -0.141. The molecule has 2 rings (SSSR count). The van der Waals surface area contributed by atoms with E-state index < -0.39 is 0 Å². The van der Waals surface area contributed by atoms with Crippen LogP contribution in [0.15, 0.2) is 30.3 Å². The van der Waals surface area contributed by atoms with E-state index in [4.69, 9.17) is 0 Å². The monoisotopic (exact) mass is 258 g/mol. The van der Waals surface area contributed by atoms with Crippen molar-refractivity contribution in [2.75, 3.05) is 20.7 Å².